The molecule has 1 aliphatic carbocycles. The number of nitrogens with zero attached hydrogens (tertiary/aromatic N) is 2. The van der Waals surface area contributed by atoms with Gasteiger partial charge in [-0.2, -0.15) is 0 Å². The van der Waals surface area contributed by atoms with Crippen LogP contribution in [0.4, 0.5) is 0 Å². The molecule has 2 amide bonds. The van der Waals surface area contributed by atoms with Gasteiger partial charge in [0.1, 0.15) is 0 Å². The number of amides is 2. The summed E-state index contributed by atoms with van der Waals surface area (Å²) in [6, 6.07) is 0. The summed E-state index contributed by atoms with van der Waals surface area (Å²) in [5, 5.41) is 9.12. The molecule has 1 saturated heterocycles. The molecule has 0 radical (unpaired) electrons. The van der Waals surface area contributed by atoms with Gasteiger partial charge in [-0.3, -0.25) is 14.4 Å². The molecule has 1 heterocycles. The van der Waals surface area contributed by atoms with Gasteiger partial charge in [0.2, 0.25) is 11.8 Å². The monoisotopic (exact) mass is 338 g/mol. The number of piperidine rings is 1. The van der Waals surface area contributed by atoms with Gasteiger partial charge in [0.15, 0.2) is 0 Å². The van der Waals surface area contributed by atoms with Gasteiger partial charge < -0.3 is 14.9 Å². The maximum Gasteiger partial charge on any atom is 0.308 e. The predicted molar refractivity (Wildman–Crippen MR) is 90.3 cm³/mol. The first-order valence-electron chi connectivity index (χ1n) is 8.95. The van der Waals surface area contributed by atoms with Crippen molar-refractivity contribution in [2.75, 3.05) is 26.7 Å². The zero-order chi connectivity index (χ0) is 17.9. The maximum absolute atomic E-state index is 12.6. The first-order chi connectivity index (χ1) is 11.2. The highest BCUT2D eigenvalue weighted by Gasteiger charge is 2.34. The van der Waals surface area contributed by atoms with Crippen LogP contribution in [-0.4, -0.2) is 59.4 Å². The Bertz CT molecular complexity index is 503. The zero-order valence-electron chi connectivity index (χ0n) is 15.1. The minimum atomic E-state index is -0.846. The molecule has 2 aliphatic rings. The van der Waals surface area contributed by atoms with Crippen molar-refractivity contribution in [3.05, 3.63) is 0 Å². The van der Waals surface area contributed by atoms with Crippen LogP contribution in [0.25, 0.3) is 0 Å². The molecule has 2 rings (SSSR count). The Hall–Kier alpha value is -1.59. The molecular formula is C18H30N2O4. The quantitative estimate of drug-likeness (QED) is 0.850. The van der Waals surface area contributed by atoms with E-state index in [0.29, 0.717) is 19.4 Å². The van der Waals surface area contributed by atoms with Crippen LogP contribution < -0.4 is 0 Å². The van der Waals surface area contributed by atoms with Gasteiger partial charge in [-0.1, -0.05) is 20.3 Å². The third kappa shape index (κ3) is 4.71. The number of carboxylic acids is 1. The third-order valence-corrected chi connectivity index (χ3v) is 5.43. The highest BCUT2D eigenvalue weighted by Crippen LogP contribution is 2.39. The molecule has 1 N–H and O–H groups in total. The Morgan fingerprint density at radius 3 is 2.46 bits per heavy atom. The van der Waals surface area contributed by atoms with E-state index in [1.165, 1.54) is 4.90 Å². The fraction of sp³-hybridized carbons (Fsp3) is 0.833. The molecule has 0 bridgehead atoms. The van der Waals surface area contributed by atoms with Crippen molar-refractivity contribution < 1.29 is 19.5 Å². The SMILES string of the molecule is CN(CC(=O)N1CCCC(C(=O)O)C1)C(=O)C1CCCC(C)(C)C1. The Morgan fingerprint density at radius 2 is 1.83 bits per heavy atom. The van der Waals surface area contributed by atoms with Crippen LogP contribution in [0.3, 0.4) is 0 Å². The summed E-state index contributed by atoms with van der Waals surface area (Å²) in [4.78, 5) is 39.3. The Labute approximate surface area is 144 Å². The first-order valence-corrected chi connectivity index (χ1v) is 8.95. The number of carbonyl (C=O) groups excluding carboxylic acids is 2. The van der Waals surface area contributed by atoms with Crippen LogP contribution in [-0.2, 0) is 14.4 Å². The molecule has 1 saturated carbocycles. The number of likely N-dealkylation sites (N-methyl/N-ethyl adjacent to an activating group) is 1. The summed E-state index contributed by atoms with van der Waals surface area (Å²) < 4.78 is 0. The van der Waals surface area contributed by atoms with Gasteiger partial charge in [-0.15, -0.1) is 0 Å². The smallest absolute Gasteiger partial charge is 0.308 e. The molecule has 136 valence electrons. The number of likely N-dealkylation sites (tertiary alicyclic amines) is 1. The van der Waals surface area contributed by atoms with Crippen molar-refractivity contribution in [3.63, 3.8) is 0 Å². The standard InChI is InChI=1S/C18H30N2O4/c1-18(2)8-4-6-13(10-18)16(22)19(3)12-15(21)20-9-5-7-14(11-20)17(23)24/h13-14H,4-12H2,1-3H3,(H,23,24). The molecule has 0 aromatic rings. The molecule has 6 nitrogen and oxygen atoms in total. The summed E-state index contributed by atoms with van der Waals surface area (Å²) >= 11 is 0. The summed E-state index contributed by atoms with van der Waals surface area (Å²) in [6.45, 7) is 5.27. The van der Waals surface area contributed by atoms with Gasteiger partial charge in [-0.25, -0.2) is 0 Å². The fourth-order valence-electron chi connectivity index (χ4n) is 4.01. The number of carbonyl (C=O) groups is 3. The van der Waals surface area contributed by atoms with Crippen molar-refractivity contribution in [2.45, 2.75) is 52.4 Å². The van der Waals surface area contributed by atoms with E-state index in [1.54, 1.807) is 11.9 Å². The van der Waals surface area contributed by atoms with Crippen molar-refractivity contribution in [3.8, 4) is 0 Å². The summed E-state index contributed by atoms with van der Waals surface area (Å²) in [5.41, 5.74) is 0.186. The molecule has 24 heavy (non-hydrogen) atoms. The van der Waals surface area contributed by atoms with E-state index in [0.717, 1.165) is 25.7 Å². The van der Waals surface area contributed by atoms with Gasteiger partial charge in [-0.05, 0) is 37.5 Å². The second-order valence-electron chi connectivity index (χ2n) is 8.17. The lowest BCUT2D eigenvalue weighted by Crippen LogP contribution is -2.48. The largest absolute Gasteiger partial charge is 0.481 e. The second-order valence-corrected chi connectivity index (χ2v) is 8.17. The second kappa shape index (κ2) is 7.53. The average molecular weight is 338 g/mol. The lowest BCUT2D eigenvalue weighted by molar-refractivity contribution is -0.148. The van der Waals surface area contributed by atoms with Gasteiger partial charge in [0.05, 0.1) is 12.5 Å². The summed E-state index contributed by atoms with van der Waals surface area (Å²) in [5.74, 6) is -1.43. The number of rotatable bonds is 4. The lowest BCUT2D eigenvalue weighted by Gasteiger charge is -2.36. The van der Waals surface area contributed by atoms with E-state index in [4.69, 9.17) is 5.11 Å². The van der Waals surface area contributed by atoms with E-state index >= 15 is 0 Å². The van der Waals surface area contributed by atoms with E-state index in [1.807, 2.05) is 0 Å². The topological polar surface area (TPSA) is 77.9 Å². The van der Waals surface area contributed by atoms with Crippen LogP contribution in [0.2, 0.25) is 0 Å². The molecule has 2 unspecified atom stereocenters. The van der Waals surface area contributed by atoms with E-state index < -0.39 is 11.9 Å². The van der Waals surface area contributed by atoms with E-state index in [9.17, 15) is 14.4 Å². The molecule has 1 aliphatic heterocycles. The van der Waals surface area contributed by atoms with Crippen molar-refractivity contribution in [2.24, 2.45) is 17.3 Å². The van der Waals surface area contributed by atoms with Gasteiger partial charge in [0, 0.05) is 26.1 Å². The molecule has 2 atom stereocenters. The van der Waals surface area contributed by atoms with Gasteiger partial charge >= 0.3 is 5.97 Å². The molecular weight excluding hydrogens is 308 g/mol. The van der Waals surface area contributed by atoms with Crippen LogP contribution in [0.1, 0.15) is 52.4 Å². The molecule has 0 aromatic carbocycles. The number of aliphatic carboxylic acids is 1. The summed E-state index contributed by atoms with van der Waals surface area (Å²) in [7, 11) is 1.68. The predicted octanol–water partition coefficient (Wildman–Crippen LogP) is 1.98. The Balaban J connectivity index is 1.88. The minimum Gasteiger partial charge on any atom is -0.481 e. The molecule has 0 spiro atoms. The van der Waals surface area contributed by atoms with E-state index in [2.05, 4.69) is 13.8 Å². The van der Waals surface area contributed by atoms with Crippen LogP contribution in [0.5, 0.6) is 0 Å². The molecule has 6 heteroatoms. The van der Waals surface area contributed by atoms with Crippen LogP contribution >= 0.6 is 0 Å². The Morgan fingerprint density at radius 1 is 1.17 bits per heavy atom. The average Bonchev–Trinajstić information content (AvgIpc) is 2.53. The highest BCUT2D eigenvalue weighted by atomic mass is 16.4. The lowest BCUT2D eigenvalue weighted by atomic mass is 9.72. The normalized spacial score (nSPS) is 26.7. The fourth-order valence-corrected chi connectivity index (χ4v) is 4.01. The number of hydrogen-bond acceptors (Lipinski definition) is 3. The number of carboxylic acid groups (broad SMARTS) is 1. The summed E-state index contributed by atoms with van der Waals surface area (Å²) in [6.07, 6.45) is 5.28. The molecule has 2 fully saturated rings. The number of hydrogen-bond donors (Lipinski definition) is 1. The zero-order valence-corrected chi connectivity index (χ0v) is 15.1. The van der Waals surface area contributed by atoms with Crippen molar-refractivity contribution in [1.29, 1.82) is 0 Å². The third-order valence-electron chi connectivity index (χ3n) is 5.43. The minimum absolute atomic E-state index is 0.000302. The highest BCUT2D eigenvalue weighted by molar-refractivity contribution is 5.86. The van der Waals surface area contributed by atoms with Crippen molar-refractivity contribution in [1.82, 2.24) is 9.80 Å². The van der Waals surface area contributed by atoms with Crippen LogP contribution in [0, 0.1) is 17.3 Å². The Kier molecular flexibility index (Phi) is 5.88. The van der Waals surface area contributed by atoms with Crippen LogP contribution in [0.15, 0.2) is 0 Å². The van der Waals surface area contributed by atoms with Crippen molar-refractivity contribution >= 4 is 17.8 Å². The molecule has 0 aromatic heterocycles. The first kappa shape index (κ1) is 18.7. The van der Waals surface area contributed by atoms with E-state index in [-0.39, 0.29) is 36.2 Å². The maximum atomic E-state index is 12.6. The van der Waals surface area contributed by atoms with Gasteiger partial charge in [0.25, 0.3) is 0 Å².